The summed E-state index contributed by atoms with van der Waals surface area (Å²) in [6, 6.07) is 5.00. The number of halogens is 3. The summed E-state index contributed by atoms with van der Waals surface area (Å²) in [7, 11) is 1.27. The van der Waals surface area contributed by atoms with E-state index in [1.165, 1.54) is 13.2 Å². The molecule has 0 unspecified atom stereocenters. The Bertz CT molecular complexity index is 883. The lowest BCUT2D eigenvalue weighted by Gasteiger charge is -2.19. The fraction of sp³-hybridized carbons (Fsp3) is 0.421. The summed E-state index contributed by atoms with van der Waals surface area (Å²) in [5, 5.41) is 3.03. The van der Waals surface area contributed by atoms with Gasteiger partial charge in [-0.1, -0.05) is 12.1 Å². The van der Waals surface area contributed by atoms with E-state index < -0.39 is 24.0 Å². The van der Waals surface area contributed by atoms with Crippen molar-refractivity contribution in [1.82, 2.24) is 9.97 Å². The standard InChI is InChI=1S/C19H20F3N3O4/c1-11-24-14(9-15(26)27-2)16(18-28-6-7-29-18)17(25-11)23-10-12-4-3-5-13(8-12)19(20,21)22/h3-5,8,18H,6-7,9-10H2,1-2H3,(H,23,24,25). The number of methoxy groups -OCH3 is 1. The quantitative estimate of drug-likeness (QED) is 0.731. The SMILES string of the molecule is COC(=O)Cc1nc(C)nc(NCc2cccc(C(F)(F)F)c2)c1C1OCCO1. The van der Waals surface area contributed by atoms with Crippen molar-refractivity contribution >= 4 is 11.8 Å². The van der Waals surface area contributed by atoms with Gasteiger partial charge in [0.05, 0.1) is 43.6 Å². The van der Waals surface area contributed by atoms with Gasteiger partial charge in [-0.15, -0.1) is 0 Å². The minimum Gasteiger partial charge on any atom is -0.469 e. The van der Waals surface area contributed by atoms with Crippen molar-refractivity contribution < 1.29 is 32.2 Å². The van der Waals surface area contributed by atoms with Crippen LogP contribution in [0.15, 0.2) is 24.3 Å². The van der Waals surface area contributed by atoms with Gasteiger partial charge in [0.25, 0.3) is 0 Å². The number of carbonyl (C=O) groups excluding carboxylic acids is 1. The predicted octanol–water partition coefficient (Wildman–Crippen LogP) is 3.18. The molecular weight excluding hydrogens is 391 g/mol. The molecule has 0 atom stereocenters. The van der Waals surface area contributed by atoms with Gasteiger partial charge in [-0.2, -0.15) is 13.2 Å². The second-order valence-corrected chi connectivity index (χ2v) is 6.36. The number of nitrogens with zero attached hydrogens (tertiary/aromatic N) is 2. The highest BCUT2D eigenvalue weighted by molar-refractivity contribution is 5.73. The summed E-state index contributed by atoms with van der Waals surface area (Å²) in [6.07, 6.45) is -5.32. The molecule has 0 saturated carbocycles. The Labute approximate surface area is 165 Å². The number of esters is 1. The van der Waals surface area contributed by atoms with Crippen LogP contribution in [0, 0.1) is 6.92 Å². The zero-order chi connectivity index (χ0) is 21.0. The van der Waals surface area contributed by atoms with Gasteiger partial charge in [0.15, 0.2) is 6.29 Å². The fourth-order valence-electron chi connectivity index (χ4n) is 2.93. The van der Waals surface area contributed by atoms with Crippen LogP contribution in [0.1, 0.15) is 34.5 Å². The second kappa shape index (κ2) is 8.75. The molecule has 0 bridgehead atoms. The first-order valence-electron chi connectivity index (χ1n) is 8.85. The Morgan fingerprint density at radius 3 is 2.66 bits per heavy atom. The van der Waals surface area contributed by atoms with Gasteiger partial charge >= 0.3 is 12.1 Å². The van der Waals surface area contributed by atoms with E-state index in [0.29, 0.717) is 41.7 Å². The van der Waals surface area contributed by atoms with Crippen LogP contribution in [-0.2, 0) is 38.1 Å². The maximum Gasteiger partial charge on any atom is 0.416 e. The van der Waals surface area contributed by atoms with Crippen LogP contribution in [0.2, 0.25) is 0 Å². The normalized spacial score (nSPS) is 14.8. The fourth-order valence-corrected chi connectivity index (χ4v) is 2.93. The molecule has 1 N–H and O–H groups in total. The first kappa shape index (κ1) is 21.0. The van der Waals surface area contributed by atoms with E-state index in [2.05, 4.69) is 15.3 Å². The highest BCUT2D eigenvalue weighted by atomic mass is 19.4. The molecule has 29 heavy (non-hydrogen) atoms. The lowest BCUT2D eigenvalue weighted by molar-refractivity contribution is -0.140. The zero-order valence-corrected chi connectivity index (χ0v) is 15.9. The van der Waals surface area contributed by atoms with Crippen LogP contribution >= 0.6 is 0 Å². The van der Waals surface area contributed by atoms with Gasteiger partial charge in [-0.3, -0.25) is 4.79 Å². The highest BCUT2D eigenvalue weighted by Crippen LogP contribution is 2.33. The molecule has 156 valence electrons. The molecule has 0 amide bonds. The van der Waals surface area contributed by atoms with Gasteiger partial charge in [0.2, 0.25) is 0 Å². The molecule has 0 spiro atoms. The Morgan fingerprint density at radius 2 is 2.00 bits per heavy atom. The van der Waals surface area contributed by atoms with Crippen molar-refractivity contribution in [1.29, 1.82) is 0 Å². The van der Waals surface area contributed by atoms with Crippen molar-refractivity contribution in [3.8, 4) is 0 Å². The number of benzene rings is 1. The maximum atomic E-state index is 12.9. The van der Waals surface area contributed by atoms with Crippen LogP contribution in [-0.4, -0.2) is 36.3 Å². The average Bonchev–Trinajstić information content (AvgIpc) is 3.19. The summed E-state index contributed by atoms with van der Waals surface area (Å²) < 4.78 is 54.6. The number of alkyl halides is 3. The minimum atomic E-state index is -4.42. The van der Waals surface area contributed by atoms with E-state index in [4.69, 9.17) is 14.2 Å². The van der Waals surface area contributed by atoms with Crippen molar-refractivity contribution in [2.45, 2.75) is 32.4 Å². The molecule has 0 aliphatic carbocycles. The molecule has 1 saturated heterocycles. The van der Waals surface area contributed by atoms with Crippen molar-refractivity contribution in [2.24, 2.45) is 0 Å². The van der Waals surface area contributed by atoms with Crippen LogP contribution in [0.4, 0.5) is 19.0 Å². The minimum absolute atomic E-state index is 0.0811. The molecule has 3 rings (SSSR count). The topological polar surface area (TPSA) is 82.6 Å². The number of hydrogen-bond donors (Lipinski definition) is 1. The van der Waals surface area contributed by atoms with Crippen molar-refractivity contribution in [3.63, 3.8) is 0 Å². The van der Waals surface area contributed by atoms with E-state index in [0.717, 1.165) is 12.1 Å². The highest BCUT2D eigenvalue weighted by Gasteiger charge is 2.31. The average molecular weight is 411 g/mol. The monoisotopic (exact) mass is 411 g/mol. The van der Waals surface area contributed by atoms with E-state index >= 15 is 0 Å². The Kier molecular flexibility index (Phi) is 6.33. The molecular formula is C19H20F3N3O4. The van der Waals surface area contributed by atoms with E-state index in [1.807, 2.05) is 0 Å². The second-order valence-electron chi connectivity index (χ2n) is 6.36. The smallest absolute Gasteiger partial charge is 0.416 e. The van der Waals surface area contributed by atoms with Gasteiger partial charge in [0, 0.05) is 6.54 Å². The zero-order valence-electron chi connectivity index (χ0n) is 15.9. The van der Waals surface area contributed by atoms with Gasteiger partial charge < -0.3 is 19.5 Å². The van der Waals surface area contributed by atoms with Gasteiger partial charge in [0.1, 0.15) is 11.6 Å². The number of rotatable bonds is 6. The van der Waals surface area contributed by atoms with Crippen LogP contribution in [0.25, 0.3) is 0 Å². The van der Waals surface area contributed by atoms with E-state index in [9.17, 15) is 18.0 Å². The number of hydrogen-bond acceptors (Lipinski definition) is 7. The summed E-state index contributed by atoms with van der Waals surface area (Å²) in [5.74, 6) is 0.226. The Hall–Kier alpha value is -2.72. The van der Waals surface area contributed by atoms with Crippen molar-refractivity contribution in [2.75, 3.05) is 25.6 Å². The lowest BCUT2D eigenvalue weighted by Crippen LogP contribution is -2.17. The number of carbonyl (C=O) groups is 1. The van der Waals surface area contributed by atoms with Gasteiger partial charge in [-0.05, 0) is 24.6 Å². The maximum absolute atomic E-state index is 12.9. The van der Waals surface area contributed by atoms with E-state index in [-0.39, 0.29) is 13.0 Å². The molecule has 1 aromatic carbocycles. The summed E-state index contributed by atoms with van der Waals surface area (Å²) in [6.45, 7) is 2.46. The largest absolute Gasteiger partial charge is 0.469 e. The Morgan fingerprint density at radius 1 is 1.28 bits per heavy atom. The third-order valence-corrected chi connectivity index (χ3v) is 4.25. The molecule has 2 aromatic rings. The molecule has 1 fully saturated rings. The molecule has 1 aliphatic heterocycles. The molecule has 7 nitrogen and oxygen atoms in total. The first-order valence-corrected chi connectivity index (χ1v) is 8.85. The Balaban J connectivity index is 1.90. The summed E-state index contributed by atoms with van der Waals surface area (Å²) >= 11 is 0. The number of anilines is 1. The summed E-state index contributed by atoms with van der Waals surface area (Å²) in [4.78, 5) is 20.4. The summed E-state index contributed by atoms with van der Waals surface area (Å²) in [5.41, 5.74) is 0.503. The van der Waals surface area contributed by atoms with E-state index in [1.54, 1.807) is 13.0 Å². The molecule has 10 heteroatoms. The number of ether oxygens (including phenoxy) is 3. The van der Waals surface area contributed by atoms with Crippen LogP contribution in [0.5, 0.6) is 0 Å². The number of aromatic nitrogens is 2. The first-order chi connectivity index (χ1) is 13.8. The molecule has 1 aliphatic rings. The molecule has 2 heterocycles. The lowest BCUT2D eigenvalue weighted by atomic mass is 10.1. The number of nitrogens with one attached hydrogen (secondary N) is 1. The predicted molar refractivity (Wildman–Crippen MR) is 95.9 cm³/mol. The van der Waals surface area contributed by atoms with Gasteiger partial charge in [-0.25, -0.2) is 9.97 Å². The van der Waals surface area contributed by atoms with Crippen molar-refractivity contribution in [3.05, 3.63) is 52.5 Å². The van der Waals surface area contributed by atoms with Crippen LogP contribution in [0.3, 0.4) is 0 Å². The van der Waals surface area contributed by atoms with Crippen LogP contribution < -0.4 is 5.32 Å². The third kappa shape index (κ3) is 5.21. The third-order valence-electron chi connectivity index (χ3n) is 4.25. The molecule has 1 aromatic heterocycles. The molecule has 0 radical (unpaired) electrons. The number of aryl methyl sites for hydroxylation is 1.